The minimum absolute atomic E-state index is 0.101. The van der Waals surface area contributed by atoms with E-state index in [4.69, 9.17) is 5.11 Å². The third-order valence-electron chi connectivity index (χ3n) is 2.96. The molecule has 2 aromatic rings. The van der Waals surface area contributed by atoms with E-state index in [1.54, 1.807) is 4.90 Å². The van der Waals surface area contributed by atoms with Crippen LogP contribution < -0.4 is 4.90 Å². The van der Waals surface area contributed by atoms with E-state index < -0.39 is 4.92 Å². The summed E-state index contributed by atoms with van der Waals surface area (Å²) in [6, 6.07) is 9.33. The van der Waals surface area contributed by atoms with Crippen molar-refractivity contribution in [3.8, 4) is 0 Å². The van der Waals surface area contributed by atoms with Crippen molar-refractivity contribution in [3.63, 3.8) is 0 Å². The van der Waals surface area contributed by atoms with Gasteiger partial charge in [-0.1, -0.05) is 30.0 Å². The quantitative estimate of drug-likeness (QED) is 0.475. The summed E-state index contributed by atoms with van der Waals surface area (Å²) in [6.45, 7) is 2.54. The maximum absolute atomic E-state index is 11.5. The number of benzene rings is 1. The number of anilines is 1. The number of nitrogens with zero attached hydrogens (tertiary/aromatic N) is 4. The largest absolute Gasteiger partial charge is 0.395 e. The van der Waals surface area contributed by atoms with Crippen molar-refractivity contribution in [2.45, 2.75) is 16.8 Å². The van der Waals surface area contributed by atoms with Crippen molar-refractivity contribution in [1.29, 1.82) is 0 Å². The van der Waals surface area contributed by atoms with E-state index in [-0.39, 0.29) is 29.7 Å². The van der Waals surface area contributed by atoms with Gasteiger partial charge in [0.2, 0.25) is 5.82 Å². The molecule has 0 radical (unpaired) electrons. The first-order valence-corrected chi connectivity index (χ1v) is 7.57. The highest BCUT2D eigenvalue weighted by Crippen LogP contribution is 2.37. The van der Waals surface area contributed by atoms with Gasteiger partial charge in [0.1, 0.15) is 6.33 Å². The molecule has 0 atom stereocenters. The molecular formula is C14H16N4O3S. The average Bonchev–Trinajstić information content (AvgIpc) is 2.53. The number of aliphatic hydroxyl groups is 1. The maximum Gasteiger partial charge on any atom is 0.343 e. The van der Waals surface area contributed by atoms with Gasteiger partial charge in [-0.2, -0.15) is 0 Å². The fraction of sp³-hybridized carbons (Fsp3) is 0.286. The van der Waals surface area contributed by atoms with Gasteiger partial charge in [-0.25, -0.2) is 9.97 Å². The Bertz CT molecular complexity index is 639. The monoisotopic (exact) mass is 320 g/mol. The Labute approximate surface area is 132 Å². The summed E-state index contributed by atoms with van der Waals surface area (Å²) < 4.78 is 0. The second-order valence-corrected chi connectivity index (χ2v) is 5.39. The lowest BCUT2D eigenvalue weighted by atomic mass is 10.4. The van der Waals surface area contributed by atoms with Gasteiger partial charge in [0.25, 0.3) is 0 Å². The van der Waals surface area contributed by atoms with Crippen LogP contribution >= 0.6 is 11.8 Å². The van der Waals surface area contributed by atoms with E-state index >= 15 is 0 Å². The van der Waals surface area contributed by atoms with E-state index in [9.17, 15) is 10.1 Å². The van der Waals surface area contributed by atoms with Crippen LogP contribution in [0, 0.1) is 10.1 Å². The van der Waals surface area contributed by atoms with E-state index in [2.05, 4.69) is 9.97 Å². The van der Waals surface area contributed by atoms with Crippen LogP contribution in [0.3, 0.4) is 0 Å². The zero-order valence-electron chi connectivity index (χ0n) is 12.0. The van der Waals surface area contributed by atoms with Crippen molar-refractivity contribution < 1.29 is 10.0 Å². The third-order valence-corrected chi connectivity index (χ3v) is 3.96. The molecule has 0 aliphatic rings. The maximum atomic E-state index is 11.5. The van der Waals surface area contributed by atoms with Crippen molar-refractivity contribution >= 4 is 23.3 Å². The Balaban J connectivity index is 2.44. The SMILES string of the molecule is CCN(CCO)c1ncnc(Sc2ccccc2)c1[N+](=O)[O-]. The lowest BCUT2D eigenvalue weighted by Gasteiger charge is -2.20. The fourth-order valence-corrected chi connectivity index (χ4v) is 2.83. The molecule has 0 saturated carbocycles. The van der Waals surface area contributed by atoms with Crippen LogP contribution in [0.2, 0.25) is 0 Å². The molecular weight excluding hydrogens is 304 g/mol. The van der Waals surface area contributed by atoms with Crippen LogP contribution in [-0.2, 0) is 0 Å². The number of hydrogen-bond donors (Lipinski definition) is 1. The molecule has 0 aliphatic heterocycles. The highest BCUT2D eigenvalue weighted by Gasteiger charge is 2.26. The van der Waals surface area contributed by atoms with Gasteiger partial charge >= 0.3 is 5.69 Å². The van der Waals surface area contributed by atoms with Crippen molar-refractivity contribution in [1.82, 2.24) is 9.97 Å². The van der Waals surface area contributed by atoms with E-state index in [1.165, 1.54) is 18.1 Å². The summed E-state index contributed by atoms with van der Waals surface area (Å²) in [6.07, 6.45) is 1.31. The number of rotatable bonds is 7. The molecule has 0 saturated heterocycles. The van der Waals surface area contributed by atoms with Crippen LogP contribution in [-0.4, -0.2) is 39.7 Å². The molecule has 0 amide bonds. The average molecular weight is 320 g/mol. The standard InChI is InChI=1S/C14H16N4O3S/c1-2-17(8-9-19)13-12(18(20)21)14(16-10-15-13)22-11-6-4-3-5-7-11/h3-7,10,19H,2,8-9H2,1H3. The molecule has 1 heterocycles. The summed E-state index contributed by atoms with van der Waals surface area (Å²) >= 11 is 1.22. The first-order chi connectivity index (χ1) is 10.7. The highest BCUT2D eigenvalue weighted by molar-refractivity contribution is 7.99. The third kappa shape index (κ3) is 3.71. The van der Waals surface area contributed by atoms with Crippen LogP contribution in [0.1, 0.15) is 6.92 Å². The Hall–Kier alpha value is -2.19. The van der Waals surface area contributed by atoms with Crippen molar-refractivity contribution in [2.24, 2.45) is 0 Å². The molecule has 0 aliphatic carbocycles. The minimum atomic E-state index is -0.472. The number of hydrogen-bond acceptors (Lipinski definition) is 7. The van der Waals surface area contributed by atoms with Gasteiger partial charge in [0, 0.05) is 18.0 Å². The molecule has 2 rings (SSSR count). The molecule has 8 heteroatoms. The molecule has 1 aromatic heterocycles. The van der Waals surface area contributed by atoms with Gasteiger partial charge in [0.15, 0.2) is 5.03 Å². The fourth-order valence-electron chi connectivity index (χ4n) is 1.95. The van der Waals surface area contributed by atoms with Crippen LogP contribution in [0.4, 0.5) is 11.5 Å². The normalized spacial score (nSPS) is 10.5. The summed E-state index contributed by atoms with van der Waals surface area (Å²) in [7, 11) is 0. The summed E-state index contributed by atoms with van der Waals surface area (Å²) in [4.78, 5) is 21.6. The topological polar surface area (TPSA) is 92.4 Å². The summed E-state index contributed by atoms with van der Waals surface area (Å²) in [5.74, 6) is 0.231. The number of aromatic nitrogens is 2. The predicted molar refractivity (Wildman–Crippen MR) is 84.2 cm³/mol. The first kappa shape index (κ1) is 16.2. The van der Waals surface area contributed by atoms with Crippen LogP contribution in [0.5, 0.6) is 0 Å². The van der Waals surface area contributed by atoms with E-state index in [0.717, 1.165) is 4.90 Å². The lowest BCUT2D eigenvalue weighted by Crippen LogP contribution is -2.28. The lowest BCUT2D eigenvalue weighted by molar-refractivity contribution is -0.387. The Morgan fingerprint density at radius 3 is 2.64 bits per heavy atom. The van der Waals surface area contributed by atoms with E-state index in [1.807, 2.05) is 37.3 Å². The second kappa shape index (κ2) is 7.71. The van der Waals surface area contributed by atoms with Crippen LogP contribution in [0.25, 0.3) is 0 Å². The number of likely N-dealkylation sites (N-methyl/N-ethyl adjacent to an activating group) is 1. The molecule has 0 fully saturated rings. The second-order valence-electron chi connectivity index (χ2n) is 4.33. The molecule has 0 bridgehead atoms. The summed E-state index contributed by atoms with van der Waals surface area (Å²) in [5, 5.41) is 20.9. The Kier molecular flexibility index (Phi) is 5.68. The Morgan fingerprint density at radius 1 is 1.32 bits per heavy atom. The van der Waals surface area contributed by atoms with E-state index in [0.29, 0.717) is 6.54 Å². The smallest absolute Gasteiger partial charge is 0.343 e. The molecule has 22 heavy (non-hydrogen) atoms. The predicted octanol–water partition coefficient (Wildman–Crippen LogP) is 2.35. The molecule has 116 valence electrons. The van der Waals surface area contributed by atoms with Gasteiger partial charge < -0.3 is 10.0 Å². The molecule has 1 N–H and O–H groups in total. The minimum Gasteiger partial charge on any atom is -0.395 e. The first-order valence-electron chi connectivity index (χ1n) is 6.75. The number of aliphatic hydroxyl groups excluding tert-OH is 1. The number of nitro groups is 1. The summed E-state index contributed by atoms with van der Waals surface area (Å²) in [5.41, 5.74) is -0.133. The van der Waals surface area contributed by atoms with Gasteiger partial charge in [-0.15, -0.1) is 0 Å². The van der Waals surface area contributed by atoms with Gasteiger partial charge in [-0.05, 0) is 19.1 Å². The van der Waals surface area contributed by atoms with Gasteiger partial charge in [-0.3, -0.25) is 10.1 Å². The van der Waals surface area contributed by atoms with Gasteiger partial charge in [0.05, 0.1) is 11.5 Å². The Morgan fingerprint density at radius 2 is 2.05 bits per heavy atom. The molecule has 0 unspecified atom stereocenters. The zero-order chi connectivity index (χ0) is 15.9. The molecule has 7 nitrogen and oxygen atoms in total. The molecule has 1 aromatic carbocycles. The van der Waals surface area contributed by atoms with Crippen molar-refractivity contribution in [2.75, 3.05) is 24.6 Å². The molecule has 0 spiro atoms. The van der Waals surface area contributed by atoms with Crippen LogP contribution in [0.15, 0.2) is 46.6 Å². The van der Waals surface area contributed by atoms with Crippen molar-refractivity contribution in [3.05, 3.63) is 46.8 Å². The highest BCUT2D eigenvalue weighted by atomic mass is 32.2. The zero-order valence-corrected chi connectivity index (χ0v) is 12.9.